The molecule has 0 heterocycles. The number of aryl methyl sites for hydroxylation is 2. The Morgan fingerprint density at radius 3 is 2.16 bits per heavy atom. The molecule has 0 aliphatic carbocycles. The van der Waals surface area contributed by atoms with Crippen LogP contribution in [0.15, 0.2) is 78.9 Å². The fourth-order valence-corrected chi connectivity index (χ4v) is 4.82. The van der Waals surface area contributed by atoms with Gasteiger partial charge >= 0.3 is 11.9 Å². The summed E-state index contributed by atoms with van der Waals surface area (Å²) in [4.78, 5) is 22.1. The molecule has 0 radical (unpaired) electrons. The molecular formula is C33H40O5. The summed E-state index contributed by atoms with van der Waals surface area (Å²) in [5.41, 5.74) is 3.99. The van der Waals surface area contributed by atoms with E-state index < -0.39 is 11.9 Å². The van der Waals surface area contributed by atoms with Crippen molar-refractivity contribution in [2.24, 2.45) is 5.92 Å². The maximum absolute atomic E-state index is 11.2. The predicted molar refractivity (Wildman–Crippen MR) is 151 cm³/mol. The molecule has 2 N–H and O–H groups in total. The summed E-state index contributed by atoms with van der Waals surface area (Å²) in [6.07, 6.45) is 9.80. The topological polar surface area (TPSA) is 83.8 Å². The molecule has 38 heavy (non-hydrogen) atoms. The molecule has 0 spiro atoms. The van der Waals surface area contributed by atoms with E-state index in [-0.39, 0.29) is 12.0 Å². The van der Waals surface area contributed by atoms with Gasteiger partial charge < -0.3 is 14.9 Å². The monoisotopic (exact) mass is 516 g/mol. The van der Waals surface area contributed by atoms with Crippen LogP contribution in [0.4, 0.5) is 0 Å². The first-order valence-electron chi connectivity index (χ1n) is 13.8. The number of aromatic carboxylic acids is 1. The van der Waals surface area contributed by atoms with Crippen LogP contribution in [0.2, 0.25) is 0 Å². The number of ether oxygens (including phenoxy) is 1. The van der Waals surface area contributed by atoms with Crippen LogP contribution in [0, 0.1) is 5.92 Å². The molecular weight excluding hydrogens is 476 g/mol. The van der Waals surface area contributed by atoms with Gasteiger partial charge in [-0.1, -0.05) is 73.5 Å². The highest BCUT2D eigenvalue weighted by atomic mass is 16.5. The lowest BCUT2D eigenvalue weighted by atomic mass is 9.88. The molecule has 0 saturated carbocycles. The second-order valence-electron chi connectivity index (χ2n) is 10.0. The van der Waals surface area contributed by atoms with Crippen LogP contribution in [0.25, 0.3) is 0 Å². The van der Waals surface area contributed by atoms with Crippen molar-refractivity contribution in [3.05, 3.63) is 101 Å². The standard InChI is InChI=1S/C33H40O5/c34-32(35)17-9-6-14-27(25-28-19-22-30(23-20-28)33(36)37)18-21-29-15-7-8-16-31(29)38-24-10-2-5-13-26-11-3-1-4-12-26/h1,3-4,7-8,11-12,15-16,19-20,22-23,27H,2,5-6,9-10,13-14,17-18,21,24-25H2,(H,34,35)(H,36,37). The largest absolute Gasteiger partial charge is 0.493 e. The van der Waals surface area contributed by atoms with Gasteiger partial charge in [0.05, 0.1) is 12.2 Å². The molecule has 1 atom stereocenters. The molecule has 0 aliphatic rings. The van der Waals surface area contributed by atoms with Gasteiger partial charge in [-0.25, -0.2) is 4.79 Å². The lowest BCUT2D eigenvalue weighted by Crippen LogP contribution is -2.09. The minimum absolute atomic E-state index is 0.196. The molecule has 3 aromatic rings. The minimum atomic E-state index is -0.922. The number of carbonyl (C=O) groups is 2. The number of rotatable bonds is 18. The van der Waals surface area contributed by atoms with E-state index in [0.29, 0.717) is 18.9 Å². The van der Waals surface area contributed by atoms with E-state index in [1.165, 1.54) is 11.1 Å². The lowest BCUT2D eigenvalue weighted by molar-refractivity contribution is -0.137. The first-order valence-corrected chi connectivity index (χ1v) is 13.8. The van der Waals surface area contributed by atoms with Crippen LogP contribution in [0.1, 0.15) is 78.4 Å². The number of unbranched alkanes of at least 4 members (excludes halogenated alkanes) is 3. The maximum atomic E-state index is 11.2. The Labute approximate surface area is 226 Å². The third-order valence-corrected chi connectivity index (χ3v) is 6.98. The van der Waals surface area contributed by atoms with Crippen molar-refractivity contribution in [1.82, 2.24) is 0 Å². The Kier molecular flexibility index (Phi) is 12.4. The molecule has 3 aromatic carbocycles. The number of benzene rings is 3. The Hall–Kier alpha value is -3.60. The predicted octanol–water partition coefficient (Wildman–Crippen LogP) is 7.61. The highest BCUT2D eigenvalue weighted by molar-refractivity contribution is 5.87. The van der Waals surface area contributed by atoms with Gasteiger partial charge in [-0.05, 0) is 92.2 Å². The number of hydrogen-bond acceptors (Lipinski definition) is 3. The second kappa shape index (κ2) is 16.3. The van der Waals surface area contributed by atoms with Crippen molar-refractivity contribution in [2.75, 3.05) is 6.61 Å². The summed E-state index contributed by atoms with van der Waals surface area (Å²) in [5, 5.41) is 18.1. The van der Waals surface area contributed by atoms with Crippen LogP contribution < -0.4 is 4.74 Å². The molecule has 0 fully saturated rings. The molecule has 3 rings (SSSR count). The van der Waals surface area contributed by atoms with Crippen LogP contribution in [-0.4, -0.2) is 28.8 Å². The van der Waals surface area contributed by atoms with E-state index in [0.717, 1.165) is 69.1 Å². The van der Waals surface area contributed by atoms with E-state index >= 15 is 0 Å². The van der Waals surface area contributed by atoms with Crippen LogP contribution >= 0.6 is 0 Å². The van der Waals surface area contributed by atoms with Gasteiger partial charge in [0, 0.05) is 6.42 Å². The van der Waals surface area contributed by atoms with Crippen molar-refractivity contribution in [3.8, 4) is 5.75 Å². The molecule has 1 unspecified atom stereocenters. The molecule has 5 nitrogen and oxygen atoms in total. The Morgan fingerprint density at radius 1 is 0.684 bits per heavy atom. The summed E-state index contributed by atoms with van der Waals surface area (Å²) in [6.45, 7) is 0.709. The molecule has 202 valence electrons. The first kappa shape index (κ1) is 29.0. The van der Waals surface area contributed by atoms with Crippen LogP contribution in [-0.2, 0) is 24.1 Å². The van der Waals surface area contributed by atoms with Gasteiger partial charge in [-0.2, -0.15) is 0 Å². The SMILES string of the molecule is O=C(O)CCCCC(CCc1ccccc1OCCCCCc1ccccc1)Cc1ccc(C(=O)O)cc1. The number of para-hydroxylation sites is 1. The minimum Gasteiger partial charge on any atom is -0.493 e. The average Bonchev–Trinajstić information content (AvgIpc) is 2.92. The smallest absolute Gasteiger partial charge is 0.335 e. The van der Waals surface area contributed by atoms with Gasteiger partial charge in [-0.3, -0.25) is 4.79 Å². The van der Waals surface area contributed by atoms with E-state index in [2.05, 4.69) is 42.5 Å². The second-order valence-corrected chi connectivity index (χ2v) is 10.0. The van der Waals surface area contributed by atoms with Crippen molar-refractivity contribution in [1.29, 1.82) is 0 Å². The average molecular weight is 517 g/mol. The van der Waals surface area contributed by atoms with E-state index in [1.807, 2.05) is 24.3 Å². The van der Waals surface area contributed by atoms with E-state index in [4.69, 9.17) is 9.84 Å². The fourth-order valence-electron chi connectivity index (χ4n) is 4.82. The normalized spacial score (nSPS) is 11.7. The Morgan fingerprint density at radius 2 is 1.42 bits per heavy atom. The van der Waals surface area contributed by atoms with E-state index in [9.17, 15) is 14.7 Å². The fraction of sp³-hybridized carbons (Fsp3) is 0.394. The molecule has 0 saturated heterocycles. The summed E-state index contributed by atoms with van der Waals surface area (Å²) >= 11 is 0. The number of carboxylic acid groups (broad SMARTS) is 2. The summed E-state index contributed by atoms with van der Waals surface area (Å²) in [7, 11) is 0. The summed E-state index contributed by atoms with van der Waals surface area (Å²) in [6, 6.07) is 25.9. The molecule has 0 amide bonds. The highest BCUT2D eigenvalue weighted by Crippen LogP contribution is 2.26. The van der Waals surface area contributed by atoms with Crippen molar-refractivity contribution < 1.29 is 24.5 Å². The maximum Gasteiger partial charge on any atom is 0.335 e. The number of aliphatic carboxylic acids is 1. The van der Waals surface area contributed by atoms with Crippen LogP contribution in [0.3, 0.4) is 0 Å². The Bertz CT molecular complexity index is 1110. The number of hydrogen-bond donors (Lipinski definition) is 2. The molecule has 0 aromatic heterocycles. The zero-order valence-corrected chi connectivity index (χ0v) is 22.2. The van der Waals surface area contributed by atoms with E-state index in [1.54, 1.807) is 12.1 Å². The molecule has 0 bridgehead atoms. The highest BCUT2D eigenvalue weighted by Gasteiger charge is 2.13. The number of carboxylic acids is 2. The van der Waals surface area contributed by atoms with Crippen LogP contribution in [0.5, 0.6) is 5.75 Å². The zero-order chi connectivity index (χ0) is 27.0. The Balaban J connectivity index is 1.50. The van der Waals surface area contributed by atoms with Crippen molar-refractivity contribution >= 4 is 11.9 Å². The summed E-state index contributed by atoms with van der Waals surface area (Å²) in [5.74, 6) is -0.344. The molecule has 5 heteroatoms. The van der Waals surface area contributed by atoms with Crippen molar-refractivity contribution in [3.63, 3.8) is 0 Å². The van der Waals surface area contributed by atoms with Gasteiger partial charge in [0.15, 0.2) is 0 Å². The third-order valence-electron chi connectivity index (χ3n) is 6.98. The van der Waals surface area contributed by atoms with Gasteiger partial charge in [-0.15, -0.1) is 0 Å². The van der Waals surface area contributed by atoms with Gasteiger partial charge in [0.25, 0.3) is 0 Å². The third kappa shape index (κ3) is 10.8. The quantitative estimate of drug-likeness (QED) is 0.170. The zero-order valence-electron chi connectivity index (χ0n) is 22.2. The van der Waals surface area contributed by atoms with Crippen molar-refractivity contribution in [2.45, 2.75) is 70.6 Å². The lowest BCUT2D eigenvalue weighted by Gasteiger charge is -2.18. The summed E-state index contributed by atoms with van der Waals surface area (Å²) < 4.78 is 6.18. The molecule has 0 aliphatic heterocycles. The van der Waals surface area contributed by atoms with Gasteiger partial charge in [0.1, 0.15) is 5.75 Å². The van der Waals surface area contributed by atoms with Gasteiger partial charge in [0.2, 0.25) is 0 Å². The first-order chi connectivity index (χ1) is 18.5.